The molecule has 1 fully saturated rings. The Morgan fingerprint density at radius 2 is 2.14 bits per heavy atom. The van der Waals surface area contributed by atoms with Crippen molar-refractivity contribution >= 4 is 5.97 Å². The predicted octanol–water partition coefficient (Wildman–Crippen LogP) is 3.23. The molecule has 1 saturated carbocycles. The lowest BCUT2D eigenvalue weighted by atomic mass is 9.68. The molecule has 80 valence electrons. The Balaban J connectivity index is 2.64. The first kappa shape index (κ1) is 11.3. The molecule has 0 aromatic rings. The minimum absolute atomic E-state index is 0.493. The molecule has 0 saturated heterocycles. The van der Waals surface area contributed by atoms with E-state index in [9.17, 15) is 9.90 Å². The van der Waals surface area contributed by atoms with Crippen LogP contribution in [0.5, 0.6) is 0 Å². The summed E-state index contributed by atoms with van der Waals surface area (Å²) >= 11 is 0. The van der Waals surface area contributed by atoms with E-state index in [-0.39, 0.29) is 0 Å². The molecule has 0 heterocycles. The third kappa shape index (κ3) is 2.17. The van der Waals surface area contributed by atoms with Gasteiger partial charge in [0.1, 0.15) is 0 Å². The number of rotatable bonds is 4. The molecule has 1 rings (SSSR count). The van der Waals surface area contributed by atoms with Crippen LogP contribution in [0.4, 0.5) is 0 Å². The molecule has 0 aromatic heterocycles. The van der Waals surface area contributed by atoms with Crippen molar-refractivity contribution in [2.75, 3.05) is 0 Å². The van der Waals surface area contributed by atoms with E-state index in [4.69, 9.17) is 0 Å². The van der Waals surface area contributed by atoms with Crippen LogP contribution in [0, 0.1) is 11.3 Å². The van der Waals surface area contributed by atoms with Crippen LogP contribution in [-0.2, 0) is 4.79 Å². The Hall–Kier alpha value is -0.790. The molecule has 1 aliphatic carbocycles. The van der Waals surface area contributed by atoms with Gasteiger partial charge >= 0.3 is 5.97 Å². The van der Waals surface area contributed by atoms with Gasteiger partial charge in [0.15, 0.2) is 0 Å². The Bertz CT molecular complexity index is 212. The first-order chi connectivity index (χ1) is 6.64. The molecule has 0 atom stereocenters. The summed E-state index contributed by atoms with van der Waals surface area (Å²) in [6.07, 6.45) is 7.34. The maximum Gasteiger partial charge on any atom is 0.309 e. The van der Waals surface area contributed by atoms with E-state index >= 15 is 0 Å². The van der Waals surface area contributed by atoms with E-state index in [1.807, 2.05) is 0 Å². The molecular formula is C12H20O2. The van der Waals surface area contributed by atoms with E-state index in [1.165, 1.54) is 6.42 Å². The monoisotopic (exact) mass is 196 g/mol. The molecule has 0 spiro atoms. The molecule has 0 aromatic carbocycles. The van der Waals surface area contributed by atoms with Crippen molar-refractivity contribution < 1.29 is 9.90 Å². The maximum absolute atomic E-state index is 11.2. The van der Waals surface area contributed by atoms with Gasteiger partial charge in [-0.1, -0.05) is 19.4 Å². The Morgan fingerprint density at radius 1 is 1.57 bits per heavy atom. The van der Waals surface area contributed by atoms with E-state index < -0.39 is 11.4 Å². The molecule has 0 bridgehead atoms. The number of aliphatic carboxylic acids is 1. The SMILES string of the molecule is C=CCC1(C(=O)O)CCC(CC)CC1. The lowest BCUT2D eigenvalue weighted by Gasteiger charge is -2.35. The van der Waals surface area contributed by atoms with Gasteiger partial charge in [-0.2, -0.15) is 0 Å². The second kappa shape index (κ2) is 4.63. The molecule has 14 heavy (non-hydrogen) atoms. The number of allylic oxidation sites excluding steroid dienone is 1. The Labute approximate surface area is 86.0 Å². The Morgan fingerprint density at radius 3 is 2.50 bits per heavy atom. The van der Waals surface area contributed by atoms with Crippen molar-refractivity contribution in [2.24, 2.45) is 11.3 Å². The predicted molar refractivity (Wildman–Crippen MR) is 57.1 cm³/mol. The topological polar surface area (TPSA) is 37.3 Å². The molecule has 2 heteroatoms. The highest BCUT2D eigenvalue weighted by Gasteiger charge is 2.40. The average molecular weight is 196 g/mol. The molecule has 0 aliphatic heterocycles. The molecule has 1 aliphatic rings. The van der Waals surface area contributed by atoms with Crippen LogP contribution < -0.4 is 0 Å². The second-order valence-electron chi connectivity index (χ2n) is 4.43. The highest BCUT2D eigenvalue weighted by atomic mass is 16.4. The number of hydrogen-bond acceptors (Lipinski definition) is 1. The van der Waals surface area contributed by atoms with Crippen LogP contribution >= 0.6 is 0 Å². The van der Waals surface area contributed by atoms with Crippen molar-refractivity contribution in [2.45, 2.75) is 45.4 Å². The van der Waals surface area contributed by atoms with Crippen molar-refractivity contribution in [1.82, 2.24) is 0 Å². The maximum atomic E-state index is 11.2. The molecule has 1 N–H and O–H groups in total. The van der Waals surface area contributed by atoms with Gasteiger partial charge in [-0.3, -0.25) is 4.79 Å². The summed E-state index contributed by atoms with van der Waals surface area (Å²) < 4.78 is 0. The van der Waals surface area contributed by atoms with Gasteiger partial charge in [-0.05, 0) is 38.0 Å². The summed E-state index contributed by atoms with van der Waals surface area (Å²) in [4.78, 5) is 11.2. The minimum Gasteiger partial charge on any atom is -0.481 e. The average Bonchev–Trinajstić information content (AvgIpc) is 2.19. The van der Waals surface area contributed by atoms with Crippen LogP contribution in [0.15, 0.2) is 12.7 Å². The highest BCUT2D eigenvalue weighted by Crippen LogP contribution is 2.42. The van der Waals surface area contributed by atoms with Gasteiger partial charge in [0, 0.05) is 0 Å². The molecule has 0 amide bonds. The van der Waals surface area contributed by atoms with E-state index in [1.54, 1.807) is 6.08 Å². The number of carboxylic acid groups (broad SMARTS) is 1. The van der Waals surface area contributed by atoms with Crippen LogP contribution in [0.3, 0.4) is 0 Å². The zero-order chi connectivity index (χ0) is 10.6. The summed E-state index contributed by atoms with van der Waals surface area (Å²) in [7, 11) is 0. The van der Waals surface area contributed by atoms with Crippen molar-refractivity contribution in [3.05, 3.63) is 12.7 Å². The Kier molecular flexibility index (Phi) is 3.73. The minimum atomic E-state index is -0.632. The van der Waals surface area contributed by atoms with Crippen LogP contribution in [0.1, 0.15) is 45.4 Å². The van der Waals surface area contributed by atoms with Crippen LogP contribution in [0.2, 0.25) is 0 Å². The fraction of sp³-hybridized carbons (Fsp3) is 0.750. The van der Waals surface area contributed by atoms with Crippen LogP contribution in [0.25, 0.3) is 0 Å². The third-order valence-electron chi connectivity index (χ3n) is 3.63. The summed E-state index contributed by atoms with van der Waals surface area (Å²) in [6, 6.07) is 0. The quantitative estimate of drug-likeness (QED) is 0.701. The summed E-state index contributed by atoms with van der Waals surface area (Å²) in [6.45, 7) is 5.84. The van der Waals surface area contributed by atoms with E-state index in [0.29, 0.717) is 6.42 Å². The fourth-order valence-electron chi connectivity index (χ4n) is 2.42. The largest absolute Gasteiger partial charge is 0.481 e. The van der Waals surface area contributed by atoms with Gasteiger partial charge in [0.2, 0.25) is 0 Å². The van der Waals surface area contributed by atoms with Crippen molar-refractivity contribution in [1.29, 1.82) is 0 Å². The van der Waals surface area contributed by atoms with Gasteiger partial charge in [0.25, 0.3) is 0 Å². The van der Waals surface area contributed by atoms with Gasteiger partial charge < -0.3 is 5.11 Å². The van der Waals surface area contributed by atoms with Crippen molar-refractivity contribution in [3.63, 3.8) is 0 Å². The first-order valence-electron chi connectivity index (χ1n) is 5.49. The standard InChI is InChI=1S/C12H20O2/c1-3-7-12(11(13)14)8-5-10(4-2)6-9-12/h3,10H,1,4-9H2,2H3,(H,13,14). The normalized spacial score (nSPS) is 32.5. The van der Waals surface area contributed by atoms with Crippen molar-refractivity contribution in [3.8, 4) is 0 Å². The lowest BCUT2D eigenvalue weighted by molar-refractivity contribution is -0.151. The first-order valence-corrected chi connectivity index (χ1v) is 5.49. The summed E-state index contributed by atoms with van der Waals surface area (Å²) in [5.74, 6) is 0.110. The zero-order valence-corrected chi connectivity index (χ0v) is 8.96. The number of hydrogen-bond donors (Lipinski definition) is 1. The van der Waals surface area contributed by atoms with E-state index in [0.717, 1.165) is 31.6 Å². The second-order valence-corrected chi connectivity index (χ2v) is 4.43. The van der Waals surface area contributed by atoms with Crippen LogP contribution in [-0.4, -0.2) is 11.1 Å². The summed E-state index contributed by atoms with van der Waals surface area (Å²) in [5.41, 5.74) is -0.493. The number of carbonyl (C=O) groups is 1. The van der Waals surface area contributed by atoms with Gasteiger partial charge in [0.05, 0.1) is 5.41 Å². The van der Waals surface area contributed by atoms with Gasteiger partial charge in [-0.15, -0.1) is 6.58 Å². The molecule has 0 radical (unpaired) electrons. The van der Waals surface area contributed by atoms with Gasteiger partial charge in [-0.25, -0.2) is 0 Å². The highest BCUT2D eigenvalue weighted by molar-refractivity contribution is 5.75. The third-order valence-corrected chi connectivity index (χ3v) is 3.63. The zero-order valence-electron chi connectivity index (χ0n) is 8.96. The smallest absolute Gasteiger partial charge is 0.309 e. The fourth-order valence-corrected chi connectivity index (χ4v) is 2.42. The summed E-state index contributed by atoms with van der Waals surface area (Å²) in [5, 5.41) is 9.23. The van der Waals surface area contributed by atoms with E-state index in [2.05, 4.69) is 13.5 Å². The lowest BCUT2D eigenvalue weighted by Crippen LogP contribution is -2.34. The molecule has 0 unspecified atom stereocenters. The molecular weight excluding hydrogens is 176 g/mol. The molecule has 2 nitrogen and oxygen atoms in total. The number of carboxylic acids is 1.